The van der Waals surface area contributed by atoms with E-state index in [0.29, 0.717) is 5.82 Å². The smallest absolute Gasteiger partial charge is 0.123 e. The van der Waals surface area contributed by atoms with E-state index in [1.165, 1.54) is 22.3 Å². The zero-order valence-corrected chi connectivity index (χ0v) is 13.8. The van der Waals surface area contributed by atoms with E-state index in [-0.39, 0.29) is 5.41 Å². The first-order valence-corrected chi connectivity index (χ1v) is 7.55. The number of aryl methyl sites for hydroxylation is 3. The summed E-state index contributed by atoms with van der Waals surface area (Å²) >= 11 is 0. The Balaban J connectivity index is 2.21. The van der Waals surface area contributed by atoms with E-state index in [0.717, 1.165) is 18.5 Å². The fraction of sp³-hybridized carbons (Fsp3) is 0.421. The van der Waals surface area contributed by atoms with Crippen LogP contribution in [-0.4, -0.2) is 4.98 Å². The van der Waals surface area contributed by atoms with Gasteiger partial charge >= 0.3 is 0 Å². The van der Waals surface area contributed by atoms with Crippen LogP contribution in [0.3, 0.4) is 0 Å². The molecule has 1 aromatic heterocycles. The van der Waals surface area contributed by atoms with Crippen molar-refractivity contribution in [2.75, 3.05) is 5.73 Å². The Morgan fingerprint density at radius 3 is 2.19 bits per heavy atom. The quantitative estimate of drug-likeness (QED) is 0.902. The van der Waals surface area contributed by atoms with Crippen LogP contribution < -0.4 is 5.73 Å². The van der Waals surface area contributed by atoms with Crippen LogP contribution in [0.25, 0.3) is 0 Å². The second kappa shape index (κ2) is 5.88. The lowest BCUT2D eigenvalue weighted by Crippen LogP contribution is -2.20. The molecule has 0 radical (unpaired) electrons. The molecule has 0 bridgehead atoms. The van der Waals surface area contributed by atoms with Gasteiger partial charge in [0.2, 0.25) is 0 Å². The summed E-state index contributed by atoms with van der Waals surface area (Å²) in [6, 6.07) is 10.4. The molecule has 2 aromatic rings. The van der Waals surface area contributed by atoms with Crippen molar-refractivity contribution < 1.29 is 0 Å². The third-order valence-electron chi connectivity index (χ3n) is 3.98. The zero-order valence-electron chi connectivity index (χ0n) is 13.8. The van der Waals surface area contributed by atoms with Crippen LogP contribution in [0, 0.1) is 26.2 Å². The van der Waals surface area contributed by atoms with Crippen molar-refractivity contribution in [3.05, 3.63) is 58.3 Å². The van der Waals surface area contributed by atoms with E-state index in [1.54, 1.807) is 0 Å². The molecule has 112 valence electrons. The van der Waals surface area contributed by atoms with Crippen molar-refractivity contribution in [2.24, 2.45) is 5.41 Å². The van der Waals surface area contributed by atoms with Crippen molar-refractivity contribution in [3.63, 3.8) is 0 Å². The standard InChI is InChI=1S/C19H26N2/c1-13-9-14(2)17(15(3)10-13)12-19(4,5)11-16-7-6-8-18(20)21-16/h6-10H,11-12H2,1-5H3,(H2,20,21). The number of nitrogens with two attached hydrogens (primary N) is 1. The third kappa shape index (κ3) is 4.07. The minimum Gasteiger partial charge on any atom is -0.384 e. The van der Waals surface area contributed by atoms with E-state index in [2.05, 4.69) is 57.8 Å². The lowest BCUT2D eigenvalue weighted by Gasteiger charge is -2.26. The minimum absolute atomic E-state index is 0.158. The molecule has 0 atom stereocenters. The number of pyridine rings is 1. The fourth-order valence-electron chi connectivity index (χ4n) is 3.12. The van der Waals surface area contributed by atoms with E-state index < -0.39 is 0 Å². The number of nitrogen functional groups attached to an aromatic ring is 1. The van der Waals surface area contributed by atoms with E-state index >= 15 is 0 Å². The number of aromatic nitrogens is 1. The molecular weight excluding hydrogens is 256 g/mol. The van der Waals surface area contributed by atoms with E-state index in [4.69, 9.17) is 5.73 Å². The van der Waals surface area contributed by atoms with Gasteiger partial charge in [0.1, 0.15) is 5.82 Å². The lowest BCUT2D eigenvalue weighted by molar-refractivity contribution is 0.356. The maximum atomic E-state index is 5.78. The number of anilines is 1. The maximum absolute atomic E-state index is 5.78. The van der Waals surface area contributed by atoms with Gasteiger partial charge in [0, 0.05) is 5.69 Å². The molecule has 2 rings (SSSR count). The summed E-state index contributed by atoms with van der Waals surface area (Å²) in [6.45, 7) is 11.2. The van der Waals surface area contributed by atoms with Crippen LogP contribution in [-0.2, 0) is 12.8 Å². The largest absolute Gasteiger partial charge is 0.384 e. The molecule has 2 nitrogen and oxygen atoms in total. The third-order valence-corrected chi connectivity index (χ3v) is 3.98. The predicted molar refractivity (Wildman–Crippen MR) is 90.5 cm³/mol. The highest BCUT2D eigenvalue weighted by molar-refractivity contribution is 5.38. The number of hydrogen-bond acceptors (Lipinski definition) is 2. The summed E-state index contributed by atoms with van der Waals surface area (Å²) < 4.78 is 0. The second-order valence-corrected chi connectivity index (χ2v) is 6.95. The van der Waals surface area contributed by atoms with Gasteiger partial charge in [-0.05, 0) is 67.9 Å². The van der Waals surface area contributed by atoms with Crippen LogP contribution in [0.2, 0.25) is 0 Å². The molecule has 0 amide bonds. The van der Waals surface area contributed by atoms with Gasteiger partial charge in [-0.25, -0.2) is 4.98 Å². The van der Waals surface area contributed by atoms with Crippen LogP contribution in [0.1, 0.15) is 41.8 Å². The van der Waals surface area contributed by atoms with Crippen LogP contribution >= 0.6 is 0 Å². The Hall–Kier alpha value is -1.83. The SMILES string of the molecule is Cc1cc(C)c(CC(C)(C)Cc2cccc(N)n2)c(C)c1. The second-order valence-electron chi connectivity index (χ2n) is 6.95. The number of rotatable bonds is 4. The van der Waals surface area contributed by atoms with Gasteiger partial charge in [-0.2, -0.15) is 0 Å². The van der Waals surface area contributed by atoms with Crippen LogP contribution in [0.4, 0.5) is 5.82 Å². The Morgan fingerprint density at radius 2 is 1.62 bits per heavy atom. The molecule has 1 heterocycles. The molecule has 0 saturated heterocycles. The Kier molecular flexibility index (Phi) is 4.36. The maximum Gasteiger partial charge on any atom is 0.123 e. The predicted octanol–water partition coefficient (Wildman–Crippen LogP) is 4.40. The van der Waals surface area contributed by atoms with Gasteiger partial charge in [-0.3, -0.25) is 0 Å². The average Bonchev–Trinajstić information content (AvgIpc) is 2.33. The van der Waals surface area contributed by atoms with Gasteiger partial charge in [-0.1, -0.05) is 37.6 Å². The van der Waals surface area contributed by atoms with Gasteiger partial charge in [-0.15, -0.1) is 0 Å². The summed E-state index contributed by atoms with van der Waals surface area (Å²) in [7, 11) is 0. The number of hydrogen-bond donors (Lipinski definition) is 1. The summed E-state index contributed by atoms with van der Waals surface area (Å²) in [5, 5.41) is 0. The molecule has 1 aromatic carbocycles. The van der Waals surface area contributed by atoms with Gasteiger partial charge in [0.15, 0.2) is 0 Å². The highest BCUT2D eigenvalue weighted by atomic mass is 14.8. The first-order valence-electron chi connectivity index (χ1n) is 7.55. The minimum atomic E-state index is 0.158. The summed E-state index contributed by atoms with van der Waals surface area (Å²) in [4.78, 5) is 4.44. The number of benzene rings is 1. The molecule has 0 aliphatic rings. The first-order chi connectivity index (χ1) is 9.77. The van der Waals surface area contributed by atoms with Crippen molar-refractivity contribution in [1.82, 2.24) is 4.98 Å². The first kappa shape index (κ1) is 15.6. The van der Waals surface area contributed by atoms with E-state index in [9.17, 15) is 0 Å². The average molecular weight is 282 g/mol. The van der Waals surface area contributed by atoms with Gasteiger partial charge < -0.3 is 5.73 Å². The number of nitrogens with zero attached hydrogens (tertiary/aromatic N) is 1. The molecular formula is C19H26N2. The molecule has 0 saturated carbocycles. The molecule has 0 aliphatic carbocycles. The fourth-order valence-corrected chi connectivity index (χ4v) is 3.12. The van der Waals surface area contributed by atoms with Crippen molar-refractivity contribution >= 4 is 5.82 Å². The normalized spacial score (nSPS) is 11.7. The summed E-state index contributed by atoms with van der Waals surface area (Å²) in [6.07, 6.45) is 1.99. The molecule has 0 fully saturated rings. The van der Waals surface area contributed by atoms with Crippen LogP contribution in [0.15, 0.2) is 30.3 Å². The monoisotopic (exact) mass is 282 g/mol. The van der Waals surface area contributed by atoms with Crippen molar-refractivity contribution in [2.45, 2.75) is 47.5 Å². The molecule has 2 heteroatoms. The molecule has 0 unspecified atom stereocenters. The van der Waals surface area contributed by atoms with E-state index in [1.807, 2.05) is 12.1 Å². The molecule has 21 heavy (non-hydrogen) atoms. The molecule has 2 N–H and O–H groups in total. The molecule has 0 spiro atoms. The summed E-state index contributed by atoms with van der Waals surface area (Å²) in [5.74, 6) is 0.603. The van der Waals surface area contributed by atoms with Crippen LogP contribution in [0.5, 0.6) is 0 Å². The Labute approximate surface area is 128 Å². The van der Waals surface area contributed by atoms with Crippen molar-refractivity contribution in [1.29, 1.82) is 0 Å². The summed E-state index contributed by atoms with van der Waals surface area (Å²) in [5.41, 5.74) is 12.6. The lowest BCUT2D eigenvalue weighted by atomic mass is 9.79. The zero-order chi connectivity index (χ0) is 15.6. The molecule has 0 aliphatic heterocycles. The van der Waals surface area contributed by atoms with Gasteiger partial charge in [0.05, 0.1) is 0 Å². The van der Waals surface area contributed by atoms with Crippen molar-refractivity contribution in [3.8, 4) is 0 Å². The highest BCUT2D eigenvalue weighted by Gasteiger charge is 2.22. The topological polar surface area (TPSA) is 38.9 Å². The Morgan fingerprint density at radius 1 is 1.00 bits per heavy atom. The Bertz CT molecular complexity index is 619. The van der Waals surface area contributed by atoms with Gasteiger partial charge in [0.25, 0.3) is 0 Å². The highest BCUT2D eigenvalue weighted by Crippen LogP contribution is 2.30.